The van der Waals surface area contributed by atoms with Crippen molar-refractivity contribution in [2.75, 3.05) is 17.9 Å². The Kier molecular flexibility index (Phi) is 9.47. The van der Waals surface area contributed by atoms with E-state index in [1.807, 2.05) is 0 Å². The van der Waals surface area contributed by atoms with Crippen LogP contribution in [0.3, 0.4) is 0 Å². The minimum absolute atomic E-state index is 0.00817. The van der Waals surface area contributed by atoms with Gasteiger partial charge in [-0.3, -0.25) is 13.9 Å². The van der Waals surface area contributed by atoms with Gasteiger partial charge in [-0.1, -0.05) is 65.1 Å². The summed E-state index contributed by atoms with van der Waals surface area (Å²) in [7, 11) is -2.72. The Morgan fingerprint density at radius 2 is 1.62 bits per heavy atom. The Morgan fingerprint density at radius 1 is 0.946 bits per heavy atom. The van der Waals surface area contributed by atoms with Gasteiger partial charge in [0.1, 0.15) is 12.6 Å². The van der Waals surface area contributed by atoms with Crippen molar-refractivity contribution < 1.29 is 18.0 Å². The number of sulfonamides is 1. The third kappa shape index (κ3) is 6.57. The van der Waals surface area contributed by atoms with E-state index >= 15 is 0 Å². The van der Waals surface area contributed by atoms with E-state index in [0.717, 1.165) is 4.31 Å². The van der Waals surface area contributed by atoms with Gasteiger partial charge in [-0.05, 0) is 61.4 Å². The predicted octanol–water partition coefficient (Wildman–Crippen LogP) is 5.31. The molecule has 0 aromatic heterocycles. The third-order valence-corrected chi connectivity index (χ3v) is 8.66. The van der Waals surface area contributed by atoms with Crippen LogP contribution >= 0.6 is 34.8 Å². The van der Waals surface area contributed by atoms with E-state index < -0.39 is 34.4 Å². The first-order valence-electron chi connectivity index (χ1n) is 11.2. The number of likely N-dealkylation sites (N-methyl/N-ethyl adjacent to an activating group) is 1. The van der Waals surface area contributed by atoms with E-state index in [2.05, 4.69) is 5.32 Å². The molecule has 0 bridgehead atoms. The lowest BCUT2D eigenvalue weighted by atomic mass is 10.1. The lowest BCUT2D eigenvalue weighted by Crippen LogP contribution is -2.50. The predicted molar refractivity (Wildman–Crippen MR) is 148 cm³/mol. The Hall–Kier alpha value is -2.78. The lowest BCUT2D eigenvalue weighted by Gasteiger charge is -2.32. The Morgan fingerprint density at radius 3 is 2.24 bits per heavy atom. The number of anilines is 1. The summed E-state index contributed by atoms with van der Waals surface area (Å²) in [5, 5.41) is 3.61. The minimum atomic E-state index is -4.18. The maximum absolute atomic E-state index is 13.8. The molecule has 0 fully saturated rings. The summed E-state index contributed by atoms with van der Waals surface area (Å²) in [5.74, 6) is -1.03. The first-order valence-corrected chi connectivity index (χ1v) is 13.8. The highest BCUT2D eigenvalue weighted by Gasteiger charge is 2.33. The van der Waals surface area contributed by atoms with Gasteiger partial charge in [0, 0.05) is 28.7 Å². The molecule has 2 amide bonds. The molecule has 0 aliphatic heterocycles. The molecule has 0 saturated heterocycles. The van der Waals surface area contributed by atoms with Gasteiger partial charge in [-0.25, -0.2) is 8.42 Å². The maximum Gasteiger partial charge on any atom is 0.264 e. The molecular weight excluding hydrogens is 557 g/mol. The second kappa shape index (κ2) is 12.2. The first-order chi connectivity index (χ1) is 17.5. The summed E-state index contributed by atoms with van der Waals surface area (Å²) in [6.07, 6.45) is 0. The van der Waals surface area contributed by atoms with E-state index in [0.29, 0.717) is 26.2 Å². The molecular formula is C26H26Cl3N3O4S. The number of hydrogen-bond donors (Lipinski definition) is 1. The highest BCUT2D eigenvalue weighted by Crippen LogP contribution is 2.31. The fourth-order valence-electron chi connectivity index (χ4n) is 3.72. The smallest absolute Gasteiger partial charge is 0.264 e. The first kappa shape index (κ1) is 28.8. The quantitative estimate of drug-likeness (QED) is 0.370. The molecule has 0 aliphatic rings. The molecule has 3 aromatic rings. The van der Waals surface area contributed by atoms with Crippen LogP contribution in [-0.4, -0.2) is 44.8 Å². The van der Waals surface area contributed by atoms with Crippen LogP contribution in [0.4, 0.5) is 5.69 Å². The Bertz CT molecular complexity index is 1400. The minimum Gasteiger partial charge on any atom is -0.357 e. The fourth-order valence-corrected chi connectivity index (χ4v) is 5.85. The number of carbonyl (C=O) groups is 2. The molecule has 3 aromatic carbocycles. The van der Waals surface area contributed by atoms with Gasteiger partial charge in [-0.2, -0.15) is 0 Å². The molecule has 11 heteroatoms. The zero-order valence-electron chi connectivity index (χ0n) is 20.4. The number of hydrogen-bond acceptors (Lipinski definition) is 4. The van der Waals surface area contributed by atoms with Gasteiger partial charge in [-0.15, -0.1) is 0 Å². The Labute approximate surface area is 232 Å². The van der Waals surface area contributed by atoms with Crippen LogP contribution in [0.1, 0.15) is 18.1 Å². The van der Waals surface area contributed by atoms with E-state index in [1.165, 1.54) is 30.1 Å². The summed E-state index contributed by atoms with van der Waals surface area (Å²) in [6, 6.07) is 16.5. The highest BCUT2D eigenvalue weighted by atomic mass is 35.5. The second-order valence-electron chi connectivity index (χ2n) is 8.26. The zero-order chi connectivity index (χ0) is 27.3. The molecule has 0 aliphatic carbocycles. The van der Waals surface area contributed by atoms with Crippen molar-refractivity contribution in [3.05, 3.63) is 92.9 Å². The van der Waals surface area contributed by atoms with Gasteiger partial charge in [0.25, 0.3) is 10.0 Å². The third-order valence-electron chi connectivity index (χ3n) is 5.89. The van der Waals surface area contributed by atoms with Crippen molar-refractivity contribution in [3.8, 4) is 0 Å². The molecule has 0 saturated carbocycles. The maximum atomic E-state index is 13.8. The van der Waals surface area contributed by atoms with Crippen molar-refractivity contribution in [2.24, 2.45) is 0 Å². The molecule has 0 radical (unpaired) electrons. The molecule has 37 heavy (non-hydrogen) atoms. The monoisotopic (exact) mass is 581 g/mol. The molecule has 196 valence electrons. The largest absolute Gasteiger partial charge is 0.357 e. The molecule has 7 nitrogen and oxygen atoms in total. The van der Waals surface area contributed by atoms with Gasteiger partial charge in [0.15, 0.2) is 0 Å². The summed E-state index contributed by atoms with van der Waals surface area (Å²) in [4.78, 5) is 27.6. The van der Waals surface area contributed by atoms with Crippen molar-refractivity contribution in [3.63, 3.8) is 0 Å². The number of rotatable bonds is 9. The zero-order valence-corrected chi connectivity index (χ0v) is 23.5. The standard InChI is InChI=1S/C26H26Cl3N3O4S/c1-17-22(28)10-7-11-24(17)32(37(35,36)21-8-5-4-6-9-21)16-25(33)31(18(2)26(34)30-3)15-19-12-13-20(27)14-23(19)29/h4-14,18H,15-16H2,1-3H3,(H,30,34)/t18-/m1/s1. The summed E-state index contributed by atoms with van der Waals surface area (Å²) in [5.41, 5.74) is 1.29. The van der Waals surface area contributed by atoms with Crippen molar-refractivity contribution in [2.45, 2.75) is 31.3 Å². The van der Waals surface area contributed by atoms with Crippen LogP contribution in [0.15, 0.2) is 71.6 Å². The van der Waals surface area contributed by atoms with E-state index in [1.54, 1.807) is 62.4 Å². The van der Waals surface area contributed by atoms with E-state index in [-0.39, 0.29) is 17.1 Å². The van der Waals surface area contributed by atoms with Crippen LogP contribution in [0.5, 0.6) is 0 Å². The molecule has 1 atom stereocenters. The summed E-state index contributed by atoms with van der Waals surface area (Å²) in [6.45, 7) is 2.61. The molecule has 1 N–H and O–H groups in total. The average Bonchev–Trinajstić information content (AvgIpc) is 2.88. The fraction of sp³-hybridized carbons (Fsp3) is 0.231. The number of amides is 2. The topological polar surface area (TPSA) is 86.8 Å². The van der Waals surface area contributed by atoms with Crippen molar-refractivity contribution in [1.82, 2.24) is 10.2 Å². The van der Waals surface area contributed by atoms with Gasteiger partial charge < -0.3 is 10.2 Å². The average molecular weight is 583 g/mol. The molecule has 0 heterocycles. The Balaban J connectivity index is 2.08. The normalized spacial score (nSPS) is 12.1. The van der Waals surface area contributed by atoms with Crippen LogP contribution in [0.2, 0.25) is 15.1 Å². The SMILES string of the molecule is CNC(=O)[C@@H](C)N(Cc1ccc(Cl)cc1Cl)C(=O)CN(c1cccc(Cl)c1C)S(=O)(=O)c1ccccc1. The van der Waals surface area contributed by atoms with Crippen LogP contribution in [0.25, 0.3) is 0 Å². The summed E-state index contributed by atoms with van der Waals surface area (Å²) >= 11 is 18.7. The van der Waals surface area contributed by atoms with Crippen LogP contribution in [0, 0.1) is 6.92 Å². The van der Waals surface area contributed by atoms with Gasteiger partial charge in [0.2, 0.25) is 11.8 Å². The lowest BCUT2D eigenvalue weighted by molar-refractivity contribution is -0.139. The van der Waals surface area contributed by atoms with Crippen LogP contribution in [-0.2, 0) is 26.2 Å². The van der Waals surface area contributed by atoms with Crippen molar-refractivity contribution >= 4 is 62.3 Å². The number of halogens is 3. The van der Waals surface area contributed by atoms with E-state index in [4.69, 9.17) is 34.8 Å². The number of nitrogens with zero attached hydrogens (tertiary/aromatic N) is 2. The number of carbonyl (C=O) groups excluding carboxylic acids is 2. The van der Waals surface area contributed by atoms with Gasteiger partial charge >= 0.3 is 0 Å². The van der Waals surface area contributed by atoms with E-state index in [9.17, 15) is 18.0 Å². The van der Waals surface area contributed by atoms with Crippen LogP contribution < -0.4 is 9.62 Å². The molecule has 0 spiro atoms. The second-order valence-corrected chi connectivity index (χ2v) is 11.4. The van der Waals surface area contributed by atoms with Gasteiger partial charge in [0.05, 0.1) is 10.6 Å². The highest BCUT2D eigenvalue weighted by molar-refractivity contribution is 7.92. The summed E-state index contributed by atoms with van der Waals surface area (Å²) < 4.78 is 28.5. The number of nitrogens with one attached hydrogen (secondary N) is 1. The van der Waals surface area contributed by atoms with Crippen molar-refractivity contribution in [1.29, 1.82) is 0 Å². The molecule has 0 unspecified atom stereocenters. The molecule has 3 rings (SSSR count). The number of benzene rings is 3.